The van der Waals surface area contributed by atoms with Crippen molar-refractivity contribution < 1.29 is 17.7 Å². The number of ketones is 1. The molecule has 16 heavy (non-hydrogen) atoms. The van der Waals surface area contributed by atoms with Crippen LogP contribution in [0.3, 0.4) is 0 Å². The van der Waals surface area contributed by atoms with Crippen LogP contribution in [0.5, 0.6) is 0 Å². The standard InChI is InChI=1S/C9H12N2O4S/c1-6(12)5-8-10-9(11-15-8)7-3-2-4-16(7,13)14/h7H,2-5H2,1H3. The van der Waals surface area contributed by atoms with Crippen LogP contribution in [0.15, 0.2) is 4.52 Å². The van der Waals surface area contributed by atoms with Gasteiger partial charge in [-0.05, 0) is 19.8 Å². The molecule has 0 amide bonds. The Morgan fingerprint density at radius 2 is 2.31 bits per heavy atom. The third-order valence-electron chi connectivity index (χ3n) is 2.50. The number of hydrogen-bond donors (Lipinski definition) is 0. The average Bonchev–Trinajstić information content (AvgIpc) is 2.70. The molecular weight excluding hydrogens is 232 g/mol. The number of carbonyl (C=O) groups excluding carboxylic acids is 1. The maximum absolute atomic E-state index is 11.6. The second-order valence-electron chi connectivity index (χ2n) is 3.92. The number of carbonyl (C=O) groups is 1. The van der Waals surface area contributed by atoms with Crippen LogP contribution in [0.2, 0.25) is 0 Å². The van der Waals surface area contributed by atoms with Gasteiger partial charge in [-0.2, -0.15) is 4.98 Å². The van der Waals surface area contributed by atoms with E-state index >= 15 is 0 Å². The number of aromatic nitrogens is 2. The largest absolute Gasteiger partial charge is 0.339 e. The maximum Gasteiger partial charge on any atom is 0.234 e. The first-order valence-electron chi connectivity index (χ1n) is 5.02. The van der Waals surface area contributed by atoms with Gasteiger partial charge in [0, 0.05) is 0 Å². The van der Waals surface area contributed by atoms with E-state index < -0.39 is 15.1 Å². The molecule has 0 bridgehead atoms. The number of Topliss-reactive ketones (excluding diaryl/α,β-unsaturated/α-hetero) is 1. The summed E-state index contributed by atoms with van der Waals surface area (Å²) in [6.07, 6.45) is 1.21. The summed E-state index contributed by atoms with van der Waals surface area (Å²) in [7, 11) is -3.13. The molecule has 0 radical (unpaired) electrons. The Labute approximate surface area is 93.0 Å². The quantitative estimate of drug-likeness (QED) is 0.766. The van der Waals surface area contributed by atoms with Crippen LogP contribution in [0.25, 0.3) is 0 Å². The first kappa shape index (κ1) is 11.3. The Balaban J connectivity index is 2.22. The topological polar surface area (TPSA) is 90.1 Å². The van der Waals surface area contributed by atoms with Crippen molar-refractivity contribution in [2.75, 3.05) is 5.75 Å². The molecule has 0 saturated carbocycles. The minimum atomic E-state index is -3.13. The Kier molecular flexibility index (Phi) is 2.79. The van der Waals surface area contributed by atoms with Gasteiger partial charge in [-0.3, -0.25) is 4.79 Å². The Hall–Kier alpha value is -1.24. The zero-order valence-corrected chi connectivity index (χ0v) is 9.66. The second-order valence-corrected chi connectivity index (χ2v) is 6.23. The predicted molar refractivity (Wildman–Crippen MR) is 54.4 cm³/mol. The molecule has 0 aliphatic carbocycles. The lowest BCUT2D eigenvalue weighted by Gasteiger charge is -2.01. The average molecular weight is 244 g/mol. The van der Waals surface area contributed by atoms with Gasteiger partial charge in [0.15, 0.2) is 15.7 Å². The maximum atomic E-state index is 11.6. The van der Waals surface area contributed by atoms with Gasteiger partial charge >= 0.3 is 0 Å². The SMILES string of the molecule is CC(=O)Cc1nc(C2CCCS2(=O)=O)no1. The summed E-state index contributed by atoms with van der Waals surface area (Å²) in [5.41, 5.74) is 0. The molecule has 1 fully saturated rings. The second kappa shape index (κ2) is 3.97. The van der Waals surface area contributed by atoms with Gasteiger partial charge in [0.25, 0.3) is 0 Å². The van der Waals surface area contributed by atoms with Crippen molar-refractivity contribution in [3.8, 4) is 0 Å². The first-order chi connectivity index (χ1) is 7.49. The summed E-state index contributed by atoms with van der Waals surface area (Å²) in [5.74, 6) is 0.455. The highest BCUT2D eigenvalue weighted by atomic mass is 32.2. The van der Waals surface area contributed by atoms with Crippen LogP contribution in [0.4, 0.5) is 0 Å². The number of hydrogen-bond acceptors (Lipinski definition) is 6. The summed E-state index contributed by atoms with van der Waals surface area (Å²) in [4.78, 5) is 14.8. The molecular formula is C9H12N2O4S. The molecule has 1 aliphatic heterocycles. The van der Waals surface area contributed by atoms with Crippen LogP contribution in [0.1, 0.15) is 36.7 Å². The van der Waals surface area contributed by atoms with E-state index in [2.05, 4.69) is 10.1 Å². The molecule has 0 N–H and O–H groups in total. The summed E-state index contributed by atoms with van der Waals surface area (Å²) in [5, 5.41) is 2.97. The van der Waals surface area contributed by atoms with Crippen molar-refractivity contribution in [2.45, 2.75) is 31.4 Å². The van der Waals surface area contributed by atoms with Gasteiger partial charge < -0.3 is 4.52 Å². The minimum absolute atomic E-state index is 0.0553. The fourth-order valence-electron chi connectivity index (χ4n) is 1.77. The molecule has 0 aromatic carbocycles. The van der Waals surface area contributed by atoms with Gasteiger partial charge in [0.1, 0.15) is 11.0 Å². The minimum Gasteiger partial charge on any atom is -0.339 e. The number of nitrogens with zero attached hydrogens (tertiary/aromatic N) is 2. The fraction of sp³-hybridized carbons (Fsp3) is 0.667. The van der Waals surface area contributed by atoms with Crippen LogP contribution in [-0.2, 0) is 21.1 Å². The van der Waals surface area contributed by atoms with Crippen LogP contribution < -0.4 is 0 Å². The van der Waals surface area contributed by atoms with Crippen LogP contribution in [0, 0.1) is 0 Å². The highest BCUT2D eigenvalue weighted by molar-refractivity contribution is 7.91. The lowest BCUT2D eigenvalue weighted by molar-refractivity contribution is -0.116. The van der Waals surface area contributed by atoms with Gasteiger partial charge in [-0.1, -0.05) is 5.16 Å². The number of rotatable bonds is 3. The van der Waals surface area contributed by atoms with E-state index in [0.29, 0.717) is 12.8 Å². The van der Waals surface area contributed by atoms with Gasteiger partial charge in [0.05, 0.1) is 12.2 Å². The third kappa shape index (κ3) is 2.13. The van der Waals surface area contributed by atoms with E-state index in [-0.39, 0.29) is 29.7 Å². The molecule has 1 atom stereocenters. The summed E-state index contributed by atoms with van der Waals surface area (Å²) in [6.45, 7) is 1.41. The van der Waals surface area contributed by atoms with E-state index in [1.807, 2.05) is 0 Å². The fourth-order valence-corrected chi connectivity index (χ4v) is 3.56. The monoisotopic (exact) mass is 244 g/mol. The molecule has 0 spiro atoms. The third-order valence-corrected chi connectivity index (χ3v) is 4.67. The first-order valence-corrected chi connectivity index (χ1v) is 6.74. The Morgan fingerprint density at radius 1 is 1.56 bits per heavy atom. The van der Waals surface area contributed by atoms with Crippen LogP contribution in [-0.4, -0.2) is 30.1 Å². The van der Waals surface area contributed by atoms with E-state index in [0.717, 1.165) is 0 Å². The van der Waals surface area contributed by atoms with Crippen molar-refractivity contribution in [2.24, 2.45) is 0 Å². The highest BCUT2D eigenvalue weighted by Crippen LogP contribution is 2.32. The molecule has 1 aromatic rings. The van der Waals surface area contributed by atoms with E-state index in [4.69, 9.17) is 4.52 Å². The Morgan fingerprint density at radius 3 is 2.88 bits per heavy atom. The normalized spacial score (nSPS) is 23.4. The molecule has 1 unspecified atom stereocenters. The lowest BCUT2D eigenvalue weighted by atomic mass is 10.2. The lowest BCUT2D eigenvalue weighted by Crippen LogP contribution is -2.09. The van der Waals surface area contributed by atoms with Gasteiger partial charge in [-0.25, -0.2) is 8.42 Å². The summed E-state index contributed by atoms with van der Waals surface area (Å²) >= 11 is 0. The van der Waals surface area contributed by atoms with Gasteiger partial charge in [-0.15, -0.1) is 0 Å². The van der Waals surface area contributed by atoms with Gasteiger partial charge in [0.2, 0.25) is 5.89 Å². The predicted octanol–water partition coefficient (Wildman–Crippen LogP) is 0.451. The summed E-state index contributed by atoms with van der Waals surface area (Å²) < 4.78 is 28.0. The zero-order chi connectivity index (χ0) is 11.8. The molecule has 7 heteroatoms. The molecule has 6 nitrogen and oxygen atoms in total. The van der Waals surface area contributed by atoms with E-state index in [1.54, 1.807) is 0 Å². The van der Waals surface area contributed by atoms with Crippen molar-refractivity contribution in [1.82, 2.24) is 10.1 Å². The molecule has 2 rings (SSSR count). The van der Waals surface area contributed by atoms with E-state index in [9.17, 15) is 13.2 Å². The van der Waals surface area contributed by atoms with Crippen molar-refractivity contribution in [3.05, 3.63) is 11.7 Å². The van der Waals surface area contributed by atoms with Crippen molar-refractivity contribution in [3.63, 3.8) is 0 Å². The molecule has 1 saturated heterocycles. The molecule has 1 aromatic heterocycles. The molecule has 2 heterocycles. The smallest absolute Gasteiger partial charge is 0.234 e. The van der Waals surface area contributed by atoms with Crippen LogP contribution >= 0.6 is 0 Å². The summed E-state index contributed by atoms with van der Waals surface area (Å²) in [6, 6.07) is 0. The molecule has 88 valence electrons. The van der Waals surface area contributed by atoms with Crippen molar-refractivity contribution in [1.29, 1.82) is 0 Å². The van der Waals surface area contributed by atoms with Crippen molar-refractivity contribution >= 4 is 15.6 Å². The number of sulfone groups is 1. The zero-order valence-electron chi connectivity index (χ0n) is 8.84. The highest BCUT2D eigenvalue weighted by Gasteiger charge is 2.36. The Bertz CT molecular complexity index is 505. The van der Waals surface area contributed by atoms with E-state index in [1.165, 1.54) is 6.92 Å². The molecule has 1 aliphatic rings.